The summed E-state index contributed by atoms with van der Waals surface area (Å²) in [6.45, 7) is 5.13. The molecule has 0 fully saturated rings. The lowest BCUT2D eigenvalue weighted by atomic mass is 9.98. The normalized spacial score (nSPS) is 13.8. The van der Waals surface area contributed by atoms with Crippen LogP contribution in [-0.4, -0.2) is 54.3 Å². The number of fused-ring (bicyclic) bond motifs is 3. The van der Waals surface area contributed by atoms with Crippen molar-refractivity contribution >= 4 is 23.9 Å². The molecule has 35 heavy (non-hydrogen) atoms. The van der Waals surface area contributed by atoms with Crippen molar-refractivity contribution in [2.45, 2.75) is 45.2 Å². The Bertz CT molecular complexity index is 1050. The zero-order chi connectivity index (χ0) is 25.5. The lowest BCUT2D eigenvalue weighted by molar-refractivity contribution is -0.151. The van der Waals surface area contributed by atoms with Gasteiger partial charge in [-0.2, -0.15) is 0 Å². The minimum absolute atomic E-state index is 0.0118. The highest BCUT2D eigenvalue weighted by Gasteiger charge is 2.34. The van der Waals surface area contributed by atoms with Gasteiger partial charge in [0.25, 0.3) is 5.91 Å². The lowest BCUT2D eigenvalue weighted by Gasteiger charge is -2.21. The summed E-state index contributed by atoms with van der Waals surface area (Å²) < 4.78 is 10.3. The zero-order valence-corrected chi connectivity index (χ0v) is 19.9. The van der Waals surface area contributed by atoms with Crippen molar-refractivity contribution in [2.75, 3.05) is 13.2 Å². The lowest BCUT2D eigenvalue weighted by Crippen LogP contribution is -2.55. The van der Waals surface area contributed by atoms with E-state index in [2.05, 4.69) is 10.6 Å². The summed E-state index contributed by atoms with van der Waals surface area (Å²) in [6, 6.07) is 12.7. The number of rotatable bonds is 10. The van der Waals surface area contributed by atoms with Gasteiger partial charge in [-0.15, -0.1) is 0 Å². The molecule has 0 saturated carbocycles. The van der Waals surface area contributed by atoms with Gasteiger partial charge in [-0.3, -0.25) is 10.1 Å². The number of hydrogen-bond acceptors (Lipinski definition) is 6. The Morgan fingerprint density at radius 1 is 0.914 bits per heavy atom. The number of nitrogens with one attached hydrogen (secondary N) is 2. The molecule has 0 saturated heterocycles. The summed E-state index contributed by atoms with van der Waals surface area (Å²) in [4.78, 5) is 49.2. The van der Waals surface area contributed by atoms with Crippen molar-refractivity contribution in [3.63, 3.8) is 0 Å². The van der Waals surface area contributed by atoms with Crippen LogP contribution in [0.2, 0.25) is 0 Å². The van der Waals surface area contributed by atoms with Gasteiger partial charge in [0.05, 0.1) is 6.61 Å². The van der Waals surface area contributed by atoms with Crippen LogP contribution < -0.4 is 10.6 Å². The van der Waals surface area contributed by atoms with E-state index in [4.69, 9.17) is 9.47 Å². The summed E-state index contributed by atoms with van der Waals surface area (Å²) in [6.07, 6.45) is -0.836. The topological polar surface area (TPSA) is 131 Å². The number of carbonyl (C=O) groups excluding carboxylic acids is 3. The average Bonchev–Trinajstić information content (AvgIpc) is 3.14. The number of carbonyl (C=O) groups is 4. The predicted molar refractivity (Wildman–Crippen MR) is 128 cm³/mol. The molecule has 2 aromatic rings. The highest BCUT2D eigenvalue weighted by Crippen LogP contribution is 2.44. The minimum atomic E-state index is -1.75. The summed E-state index contributed by atoms with van der Waals surface area (Å²) in [7, 11) is 0. The van der Waals surface area contributed by atoms with Crippen LogP contribution in [0, 0.1) is 5.92 Å². The van der Waals surface area contributed by atoms with Crippen molar-refractivity contribution in [3.05, 3.63) is 59.7 Å². The van der Waals surface area contributed by atoms with Crippen LogP contribution in [0.5, 0.6) is 0 Å². The third-order valence-corrected chi connectivity index (χ3v) is 5.71. The molecule has 0 radical (unpaired) electrons. The van der Waals surface area contributed by atoms with Crippen LogP contribution in [0.15, 0.2) is 48.5 Å². The Morgan fingerprint density at radius 2 is 1.49 bits per heavy atom. The fraction of sp³-hybridized carbons (Fsp3) is 0.385. The molecule has 0 heterocycles. The highest BCUT2D eigenvalue weighted by atomic mass is 16.6. The van der Waals surface area contributed by atoms with Crippen LogP contribution in [-0.2, 0) is 23.9 Å². The van der Waals surface area contributed by atoms with Crippen molar-refractivity contribution in [1.82, 2.24) is 10.6 Å². The van der Waals surface area contributed by atoms with E-state index in [9.17, 15) is 24.3 Å². The summed E-state index contributed by atoms with van der Waals surface area (Å²) in [5.41, 5.74) is 4.15. The molecular weight excluding hydrogens is 452 g/mol. The second kappa shape index (κ2) is 11.5. The molecule has 9 nitrogen and oxygen atoms in total. The molecule has 1 aliphatic rings. The summed E-state index contributed by atoms with van der Waals surface area (Å²) in [5, 5.41) is 13.9. The molecule has 1 unspecified atom stereocenters. The maximum absolute atomic E-state index is 12.7. The van der Waals surface area contributed by atoms with Gasteiger partial charge in [-0.05, 0) is 41.5 Å². The number of benzene rings is 2. The number of ether oxygens (including phenoxy) is 2. The molecule has 1 aliphatic carbocycles. The third kappa shape index (κ3) is 6.17. The Kier molecular flexibility index (Phi) is 8.46. The van der Waals surface area contributed by atoms with E-state index >= 15 is 0 Å². The van der Waals surface area contributed by atoms with Gasteiger partial charge in [0.2, 0.25) is 6.04 Å². The fourth-order valence-electron chi connectivity index (χ4n) is 4.16. The number of aliphatic carboxylic acids is 1. The molecule has 2 amide bonds. The van der Waals surface area contributed by atoms with Crippen LogP contribution in [0.4, 0.5) is 4.79 Å². The smallest absolute Gasteiger partial charge is 0.408 e. The maximum Gasteiger partial charge on any atom is 0.408 e. The van der Waals surface area contributed by atoms with Gasteiger partial charge in [-0.1, -0.05) is 62.4 Å². The molecule has 0 spiro atoms. The number of alkyl carbamates (subject to hydrolysis) is 1. The van der Waals surface area contributed by atoms with Crippen molar-refractivity contribution in [1.29, 1.82) is 0 Å². The minimum Gasteiger partial charge on any atom is -0.480 e. The van der Waals surface area contributed by atoms with Gasteiger partial charge in [-0.25, -0.2) is 14.4 Å². The number of hydrogen-bond donors (Lipinski definition) is 3. The predicted octanol–water partition coefficient (Wildman–Crippen LogP) is 3.07. The fourth-order valence-corrected chi connectivity index (χ4v) is 4.16. The third-order valence-electron chi connectivity index (χ3n) is 5.71. The van der Waals surface area contributed by atoms with Crippen molar-refractivity contribution in [2.24, 2.45) is 5.92 Å². The quantitative estimate of drug-likeness (QED) is 0.350. The number of esters is 1. The van der Waals surface area contributed by atoms with Crippen molar-refractivity contribution in [3.8, 4) is 11.1 Å². The number of amides is 2. The largest absolute Gasteiger partial charge is 0.480 e. The molecule has 3 rings (SSSR count). The van der Waals surface area contributed by atoms with Crippen LogP contribution >= 0.6 is 0 Å². The molecule has 0 aromatic heterocycles. The first-order valence-electron chi connectivity index (χ1n) is 11.5. The molecule has 186 valence electrons. The SMILES string of the molecule is CCOC(=O)C(NC(=O)OCC1c2ccccc2-c2ccccc21)C(=O)N[C@H](CC(C)C)C(=O)O. The van der Waals surface area contributed by atoms with Crippen LogP contribution in [0.1, 0.15) is 44.2 Å². The van der Waals surface area contributed by atoms with Gasteiger partial charge in [0.15, 0.2) is 0 Å². The molecule has 0 bridgehead atoms. The molecule has 0 aliphatic heterocycles. The van der Waals surface area contributed by atoms with Crippen LogP contribution in [0.3, 0.4) is 0 Å². The second-order valence-corrected chi connectivity index (χ2v) is 8.68. The highest BCUT2D eigenvalue weighted by molar-refractivity contribution is 6.05. The molecule has 2 atom stereocenters. The molecule has 9 heteroatoms. The molecule has 3 N–H and O–H groups in total. The van der Waals surface area contributed by atoms with Crippen LogP contribution in [0.25, 0.3) is 11.1 Å². The van der Waals surface area contributed by atoms with Gasteiger partial charge < -0.3 is 19.9 Å². The molecule has 2 aromatic carbocycles. The first-order valence-corrected chi connectivity index (χ1v) is 11.5. The monoisotopic (exact) mass is 482 g/mol. The Hall–Kier alpha value is -3.88. The Morgan fingerprint density at radius 3 is 2.00 bits per heavy atom. The summed E-state index contributed by atoms with van der Waals surface area (Å²) >= 11 is 0. The van der Waals surface area contributed by atoms with E-state index < -0.39 is 36.0 Å². The first kappa shape index (κ1) is 25.7. The van der Waals surface area contributed by atoms with E-state index in [-0.39, 0.29) is 31.5 Å². The van der Waals surface area contributed by atoms with E-state index in [1.807, 2.05) is 48.5 Å². The van der Waals surface area contributed by atoms with Gasteiger partial charge >= 0.3 is 18.0 Å². The number of carboxylic acids is 1. The first-order chi connectivity index (χ1) is 16.7. The second-order valence-electron chi connectivity index (χ2n) is 8.68. The van der Waals surface area contributed by atoms with Gasteiger partial charge in [0.1, 0.15) is 12.6 Å². The van der Waals surface area contributed by atoms with Crippen molar-refractivity contribution < 1.29 is 33.8 Å². The average molecular weight is 483 g/mol. The van der Waals surface area contributed by atoms with E-state index in [1.54, 1.807) is 20.8 Å². The maximum atomic E-state index is 12.7. The van der Waals surface area contributed by atoms with E-state index in [0.29, 0.717) is 0 Å². The Balaban J connectivity index is 1.70. The number of carboxylic acid groups (broad SMARTS) is 1. The van der Waals surface area contributed by atoms with E-state index in [0.717, 1.165) is 22.3 Å². The zero-order valence-electron chi connectivity index (χ0n) is 19.9. The van der Waals surface area contributed by atoms with E-state index in [1.165, 1.54) is 0 Å². The molecular formula is C26H30N2O7. The Labute approximate surface area is 203 Å². The standard InChI is InChI=1S/C26H30N2O7/c1-4-34-25(32)22(23(29)27-21(24(30)31)13-15(2)3)28-26(33)35-14-20-18-11-7-5-9-16(18)17-10-6-8-12-19(17)20/h5-12,15,20-22H,4,13-14H2,1-3H3,(H,27,29)(H,28,33)(H,30,31)/t21-,22?/m1/s1. The van der Waals surface area contributed by atoms with Gasteiger partial charge in [0, 0.05) is 5.92 Å². The summed E-state index contributed by atoms with van der Waals surface area (Å²) in [5.74, 6) is -3.45.